The molecule has 1 saturated heterocycles. The number of hydrogen-bond donors (Lipinski definition) is 2. The summed E-state index contributed by atoms with van der Waals surface area (Å²) < 4.78 is 2.40. The molecule has 1 fully saturated rings. The third kappa shape index (κ3) is 2.37. The van der Waals surface area contributed by atoms with Gasteiger partial charge < -0.3 is 10.3 Å². The number of H-pyrrole nitrogens is 1. The van der Waals surface area contributed by atoms with E-state index in [0.29, 0.717) is 30.0 Å². The molecule has 3 aromatic rings. The molecule has 1 amide bonds. The van der Waals surface area contributed by atoms with Gasteiger partial charge >= 0.3 is 5.69 Å². The Hall–Kier alpha value is -3.16. The van der Waals surface area contributed by atoms with Gasteiger partial charge in [-0.25, -0.2) is 9.78 Å². The molecule has 1 aliphatic heterocycles. The Kier molecular flexibility index (Phi) is 3.34. The number of carbonyl (C=O) groups is 1. The number of imidazole rings is 1. The monoisotopic (exact) mass is 339 g/mol. The van der Waals surface area contributed by atoms with E-state index in [1.807, 2.05) is 24.3 Å². The van der Waals surface area contributed by atoms with Crippen molar-refractivity contribution in [2.75, 3.05) is 6.54 Å². The van der Waals surface area contributed by atoms with Gasteiger partial charge in [-0.15, -0.1) is 0 Å². The maximum absolute atomic E-state index is 12.2. The predicted octanol–water partition coefficient (Wildman–Crippen LogP) is 0.231. The highest BCUT2D eigenvalue weighted by Gasteiger charge is 2.23. The van der Waals surface area contributed by atoms with Gasteiger partial charge in [-0.1, -0.05) is 24.3 Å². The molecule has 1 unspecified atom stereocenters. The number of aromatic amines is 1. The molecule has 8 heteroatoms. The number of nitrogens with one attached hydrogen (secondary N) is 2. The van der Waals surface area contributed by atoms with Crippen LogP contribution in [0.5, 0.6) is 0 Å². The highest BCUT2D eigenvalue weighted by atomic mass is 16.2. The lowest BCUT2D eigenvalue weighted by Gasteiger charge is -2.07. The molecule has 128 valence electrons. The minimum Gasteiger partial charge on any atom is -0.355 e. The molecule has 2 aromatic heterocycles. The first-order valence-electron chi connectivity index (χ1n) is 7.98. The summed E-state index contributed by atoms with van der Waals surface area (Å²) in [6.07, 6.45) is 0.502. The van der Waals surface area contributed by atoms with Crippen LogP contribution in [0, 0.1) is 0 Å². The fourth-order valence-electron chi connectivity index (χ4n) is 3.22. The average molecular weight is 339 g/mol. The van der Waals surface area contributed by atoms with E-state index >= 15 is 0 Å². The summed E-state index contributed by atoms with van der Waals surface area (Å²) in [5, 5.41) is 2.83. The van der Waals surface area contributed by atoms with Gasteiger partial charge in [-0.05, 0) is 5.56 Å². The molecule has 4 rings (SSSR count). The Labute approximate surface area is 142 Å². The number of aryl methyl sites for hydroxylation is 1. The van der Waals surface area contributed by atoms with Gasteiger partial charge in [0.15, 0.2) is 5.65 Å². The fraction of sp³-hybridized carbons (Fsp3) is 0.294. The van der Waals surface area contributed by atoms with E-state index in [9.17, 15) is 14.4 Å². The Morgan fingerprint density at radius 2 is 1.80 bits per heavy atom. The molecular formula is C17H17N5O3. The number of amides is 1. The molecule has 0 radical (unpaired) electrons. The van der Waals surface area contributed by atoms with Crippen LogP contribution in [-0.2, 0) is 18.9 Å². The molecule has 2 N–H and O–H groups in total. The van der Waals surface area contributed by atoms with Crippen LogP contribution in [-0.4, -0.2) is 31.6 Å². The highest BCUT2D eigenvalue weighted by molar-refractivity contribution is 5.79. The Morgan fingerprint density at radius 1 is 1.08 bits per heavy atom. The lowest BCUT2D eigenvalue weighted by molar-refractivity contribution is -0.119. The van der Waals surface area contributed by atoms with Crippen molar-refractivity contribution in [2.45, 2.75) is 12.3 Å². The first-order valence-corrected chi connectivity index (χ1v) is 7.98. The fourth-order valence-corrected chi connectivity index (χ4v) is 3.22. The summed E-state index contributed by atoms with van der Waals surface area (Å²) in [7, 11) is 3.03. The molecular weight excluding hydrogens is 322 g/mol. The van der Waals surface area contributed by atoms with E-state index in [4.69, 9.17) is 0 Å². The number of rotatable bonds is 2. The molecule has 3 heterocycles. The predicted molar refractivity (Wildman–Crippen MR) is 92.4 cm³/mol. The van der Waals surface area contributed by atoms with Crippen LogP contribution in [0.1, 0.15) is 17.9 Å². The van der Waals surface area contributed by atoms with E-state index in [1.54, 1.807) is 7.05 Å². The summed E-state index contributed by atoms with van der Waals surface area (Å²) in [5.74, 6) is 0.786. The molecule has 1 aliphatic rings. The van der Waals surface area contributed by atoms with E-state index in [1.165, 1.54) is 11.6 Å². The summed E-state index contributed by atoms with van der Waals surface area (Å²) in [6, 6.07) is 7.73. The van der Waals surface area contributed by atoms with Crippen LogP contribution in [0.4, 0.5) is 0 Å². The van der Waals surface area contributed by atoms with Gasteiger partial charge in [-0.3, -0.25) is 18.7 Å². The second-order valence-corrected chi connectivity index (χ2v) is 6.32. The van der Waals surface area contributed by atoms with Gasteiger partial charge in [0, 0.05) is 38.5 Å². The second kappa shape index (κ2) is 5.44. The van der Waals surface area contributed by atoms with Crippen LogP contribution < -0.4 is 16.6 Å². The van der Waals surface area contributed by atoms with Crippen molar-refractivity contribution in [3.63, 3.8) is 0 Å². The first-order chi connectivity index (χ1) is 12.0. The molecule has 1 atom stereocenters. The maximum atomic E-state index is 12.2. The maximum Gasteiger partial charge on any atom is 0.332 e. The Bertz CT molecular complexity index is 1100. The van der Waals surface area contributed by atoms with Crippen LogP contribution in [0.2, 0.25) is 0 Å². The normalized spacial score (nSPS) is 17.2. The summed E-state index contributed by atoms with van der Waals surface area (Å²) in [6.45, 7) is 0.654. The number of hydrogen-bond acceptors (Lipinski definition) is 4. The summed E-state index contributed by atoms with van der Waals surface area (Å²) in [5.41, 5.74) is 1.72. The van der Waals surface area contributed by atoms with Crippen LogP contribution >= 0.6 is 0 Å². The quantitative estimate of drug-likeness (QED) is 0.698. The molecule has 0 spiro atoms. The zero-order chi connectivity index (χ0) is 17.7. The van der Waals surface area contributed by atoms with Gasteiger partial charge in [0.25, 0.3) is 5.56 Å². The van der Waals surface area contributed by atoms with Crippen molar-refractivity contribution in [3.05, 3.63) is 50.7 Å². The van der Waals surface area contributed by atoms with Crippen LogP contribution in [0.15, 0.2) is 33.9 Å². The van der Waals surface area contributed by atoms with Crippen LogP contribution in [0.25, 0.3) is 22.6 Å². The number of aromatic nitrogens is 4. The van der Waals surface area contributed by atoms with Crippen molar-refractivity contribution < 1.29 is 4.79 Å². The largest absolute Gasteiger partial charge is 0.355 e. The Morgan fingerprint density at radius 3 is 2.44 bits per heavy atom. The molecule has 8 nitrogen and oxygen atoms in total. The van der Waals surface area contributed by atoms with Gasteiger partial charge in [0.05, 0.1) is 0 Å². The number of fused-ring (bicyclic) bond motifs is 1. The molecule has 0 bridgehead atoms. The van der Waals surface area contributed by atoms with Gasteiger partial charge in [-0.2, -0.15) is 0 Å². The lowest BCUT2D eigenvalue weighted by Crippen LogP contribution is -2.36. The van der Waals surface area contributed by atoms with Crippen LogP contribution in [0.3, 0.4) is 0 Å². The lowest BCUT2D eigenvalue weighted by atomic mass is 9.97. The minimum atomic E-state index is -0.413. The topological polar surface area (TPSA) is 102 Å². The van der Waals surface area contributed by atoms with E-state index in [0.717, 1.165) is 15.7 Å². The van der Waals surface area contributed by atoms with Gasteiger partial charge in [0.2, 0.25) is 5.91 Å². The van der Waals surface area contributed by atoms with E-state index < -0.39 is 11.2 Å². The highest BCUT2D eigenvalue weighted by Crippen LogP contribution is 2.26. The number of carbonyl (C=O) groups excluding carboxylic acids is 1. The van der Waals surface area contributed by atoms with Crippen molar-refractivity contribution in [1.82, 2.24) is 24.4 Å². The summed E-state index contributed by atoms with van der Waals surface area (Å²) >= 11 is 0. The molecule has 0 saturated carbocycles. The molecule has 0 aliphatic carbocycles. The van der Waals surface area contributed by atoms with Gasteiger partial charge in [0.1, 0.15) is 11.3 Å². The zero-order valence-electron chi connectivity index (χ0n) is 13.9. The van der Waals surface area contributed by atoms with Crippen molar-refractivity contribution >= 4 is 17.1 Å². The summed E-state index contributed by atoms with van der Waals surface area (Å²) in [4.78, 5) is 43.0. The average Bonchev–Trinajstić information content (AvgIpc) is 3.25. The first kappa shape index (κ1) is 15.4. The van der Waals surface area contributed by atoms with Crippen molar-refractivity contribution in [1.29, 1.82) is 0 Å². The van der Waals surface area contributed by atoms with Crippen molar-refractivity contribution in [3.8, 4) is 11.4 Å². The third-order valence-electron chi connectivity index (χ3n) is 4.73. The minimum absolute atomic E-state index is 0.0723. The molecule has 1 aromatic carbocycles. The Balaban J connectivity index is 1.76. The SMILES string of the molecule is Cn1c(=O)c2[nH]c(-c3ccc(C4CNC(=O)C4)cc3)nc2n(C)c1=O. The smallest absolute Gasteiger partial charge is 0.332 e. The number of benzene rings is 1. The molecule has 25 heavy (non-hydrogen) atoms. The number of nitrogens with zero attached hydrogens (tertiary/aromatic N) is 3. The van der Waals surface area contributed by atoms with Crippen molar-refractivity contribution in [2.24, 2.45) is 14.1 Å². The zero-order valence-corrected chi connectivity index (χ0v) is 13.9. The van der Waals surface area contributed by atoms with E-state index in [2.05, 4.69) is 15.3 Å². The standard InChI is InChI=1S/C17H17N5O3/c1-21-15-13(16(24)22(2)17(21)25)19-14(20-15)10-5-3-9(4-6-10)11-7-12(23)18-8-11/h3-6,11H,7-8H2,1-2H3,(H,18,23)(H,19,20). The third-order valence-corrected chi connectivity index (χ3v) is 4.73. The van der Waals surface area contributed by atoms with E-state index in [-0.39, 0.29) is 11.8 Å². The second-order valence-electron chi connectivity index (χ2n) is 6.32.